The Kier molecular flexibility index (Phi) is 4.03. The van der Waals surface area contributed by atoms with Gasteiger partial charge in [0, 0.05) is 17.0 Å². The van der Waals surface area contributed by atoms with Crippen molar-refractivity contribution in [2.24, 2.45) is 0 Å². The minimum atomic E-state index is -0.292. The first-order valence-corrected chi connectivity index (χ1v) is 6.57. The van der Waals surface area contributed by atoms with Crippen LogP contribution in [0.1, 0.15) is 36.8 Å². The van der Waals surface area contributed by atoms with Crippen molar-refractivity contribution in [1.29, 1.82) is 0 Å². The molecular formula is C16H18O4. The van der Waals surface area contributed by atoms with Gasteiger partial charge in [0.1, 0.15) is 11.5 Å². The van der Waals surface area contributed by atoms with E-state index in [4.69, 9.17) is 0 Å². The molecule has 2 aromatic carbocycles. The highest BCUT2D eigenvalue weighted by molar-refractivity contribution is 5.52. The van der Waals surface area contributed by atoms with Crippen LogP contribution in [-0.4, -0.2) is 20.4 Å². The normalized spacial score (nSPS) is 12.2. The molecule has 0 bridgehead atoms. The van der Waals surface area contributed by atoms with E-state index in [0.29, 0.717) is 17.5 Å². The molecule has 20 heavy (non-hydrogen) atoms. The van der Waals surface area contributed by atoms with Gasteiger partial charge in [0.2, 0.25) is 0 Å². The fraction of sp³-hybridized carbons (Fsp3) is 0.250. The van der Waals surface area contributed by atoms with E-state index in [-0.39, 0.29) is 28.9 Å². The van der Waals surface area contributed by atoms with Crippen molar-refractivity contribution in [3.05, 3.63) is 47.5 Å². The van der Waals surface area contributed by atoms with Crippen LogP contribution < -0.4 is 0 Å². The number of phenolic OH excluding ortho intramolecular Hbond substituents is 4. The summed E-state index contributed by atoms with van der Waals surface area (Å²) in [6, 6.07) is 9.08. The second-order valence-corrected chi connectivity index (χ2v) is 4.80. The molecular weight excluding hydrogens is 256 g/mol. The standard InChI is InChI=1S/C16H18O4/c1-2-4-11(12-5-3-6-15(19)16(12)20)13-9-10(17)7-8-14(13)18/h3,5-9,11,17-20H,2,4H2,1H3. The van der Waals surface area contributed by atoms with Gasteiger partial charge in [-0.15, -0.1) is 0 Å². The predicted molar refractivity (Wildman–Crippen MR) is 76.3 cm³/mol. The zero-order valence-electron chi connectivity index (χ0n) is 11.2. The van der Waals surface area contributed by atoms with E-state index in [1.54, 1.807) is 12.1 Å². The van der Waals surface area contributed by atoms with E-state index >= 15 is 0 Å². The summed E-state index contributed by atoms with van der Waals surface area (Å²) in [4.78, 5) is 0. The number of rotatable bonds is 4. The van der Waals surface area contributed by atoms with Gasteiger partial charge in [-0.3, -0.25) is 0 Å². The Labute approximate surface area is 117 Å². The Balaban J connectivity index is 2.56. The SMILES string of the molecule is CCCC(c1cc(O)ccc1O)c1cccc(O)c1O. The van der Waals surface area contributed by atoms with Gasteiger partial charge in [-0.25, -0.2) is 0 Å². The van der Waals surface area contributed by atoms with Crippen LogP contribution in [0.3, 0.4) is 0 Å². The number of benzene rings is 2. The maximum Gasteiger partial charge on any atom is 0.161 e. The molecule has 0 aliphatic rings. The van der Waals surface area contributed by atoms with Crippen molar-refractivity contribution in [3.8, 4) is 23.0 Å². The second-order valence-electron chi connectivity index (χ2n) is 4.80. The van der Waals surface area contributed by atoms with Crippen LogP contribution in [-0.2, 0) is 0 Å². The Hall–Kier alpha value is -2.36. The van der Waals surface area contributed by atoms with Crippen LogP contribution >= 0.6 is 0 Å². The quantitative estimate of drug-likeness (QED) is 0.508. The lowest BCUT2D eigenvalue weighted by atomic mass is 9.86. The molecule has 4 heteroatoms. The molecule has 2 rings (SSSR count). The molecule has 0 saturated heterocycles. The largest absolute Gasteiger partial charge is 0.508 e. The van der Waals surface area contributed by atoms with Gasteiger partial charge in [0.05, 0.1) is 0 Å². The van der Waals surface area contributed by atoms with Crippen LogP contribution in [0.2, 0.25) is 0 Å². The van der Waals surface area contributed by atoms with Gasteiger partial charge in [-0.05, 0) is 30.7 Å². The highest BCUT2D eigenvalue weighted by Crippen LogP contribution is 2.42. The Morgan fingerprint density at radius 2 is 1.65 bits per heavy atom. The van der Waals surface area contributed by atoms with Crippen molar-refractivity contribution in [3.63, 3.8) is 0 Å². The lowest BCUT2D eigenvalue weighted by molar-refractivity contribution is 0.395. The van der Waals surface area contributed by atoms with E-state index in [1.807, 2.05) is 6.92 Å². The van der Waals surface area contributed by atoms with Crippen molar-refractivity contribution in [2.45, 2.75) is 25.7 Å². The predicted octanol–water partition coefficient (Wildman–Crippen LogP) is 3.44. The summed E-state index contributed by atoms with van der Waals surface area (Å²) in [6.07, 6.45) is 1.50. The zero-order valence-corrected chi connectivity index (χ0v) is 11.2. The van der Waals surface area contributed by atoms with E-state index in [9.17, 15) is 20.4 Å². The molecule has 0 radical (unpaired) electrons. The summed E-state index contributed by atoms with van der Waals surface area (Å²) in [7, 11) is 0. The minimum absolute atomic E-state index is 0.0542. The topological polar surface area (TPSA) is 80.9 Å². The van der Waals surface area contributed by atoms with E-state index in [1.165, 1.54) is 24.3 Å². The molecule has 1 atom stereocenters. The molecule has 0 saturated carbocycles. The fourth-order valence-electron chi connectivity index (χ4n) is 2.42. The summed E-state index contributed by atoms with van der Waals surface area (Å²) in [5, 5.41) is 39.2. The number of hydrogen-bond donors (Lipinski definition) is 4. The average molecular weight is 274 g/mol. The maximum atomic E-state index is 10.0. The van der Waals surface area contributed by atoms with Crippen LogP contribution in [0.4, 0.5) is 0 Å². The third-order valence-electron chi connectivity index (χ3n) is 3.39. The number of aromatic hydroxyl groups is 4. The van der Waals surface area contributed by atoms with Gasteiger partial charge in [-0.2, -0.15) is 0 Å². The molecule has 0 fully saturated rings. The monoisotopic (exact) mass is 274 g/mol. The first-order valence-electron chi connectivity index (χ1n) is 6.57. The highest BCUT2D eigenvalue weighted by atomic mass is 16.3. The molecule has 1 unspecified atom stereocenters. The van der Waals surface area contributed by atoms with Gasteiger partial charge in [0.25, 0.3) is 0 Å². The smallest absolute Gasteiger partial charge is 0.161 e. The molecule has 0 spiro atoms. The third-order valence-corrected chi connectivity index (χ3v) is 3.39. The van der Waals surface area contributed by atoms with E-state index < -0.39 is 0 Å². The van der Waals surface area contributed by atoms with Crippen molar-refractivity contribution < 1.29 is 20.4 Å². The van der Waals surface area contributed by atoms with Crippen molar-refractivity contribution in [1.82, 2.24) is 0 Å². The molecule has 0 aliphatic heterocycles. The summed E-state index contributed by atoms with van der Waals surface area (Å²) in [5.74, 6) is -0.557. The first-order chi connectivity index (χ1) is 9.54. The van der Waals surface area contributed by atoms with Crippen molar-refractivity contribution in [2.75, 3.05) is 0 Å². The average Bonchev–Trinajstić information content (AvgIpc) is 2.43. The zero-order chi connectivity index (χ0) is 14.7. The van der Waals surface area contributed by atoms with Gasteiger partial charge < -0.3 is 20.4 Å². The molecule has 0 aromatic heterocycles. The van der Waals surface area contributed by atoms with Gasteiger partial charge in [-0.1, -0.05) is 25.5 Å². The maximum absolute atomic E-state index is 10.0. The molecule has 0 aliphatic carbocycles. The second kappa shape index (κ2) is 5.74. The summed E-state index contributed by atoms with van der Waals surface area (Å²) in [5.41, 5.74) is 1.07. The van der Waals surface area contributed by atoms with Crippen LogP contribution in [0.15, 0.2) is 36.4 Å². The van der Waals surface area contributed by atoms with Gasteiger partial charge in [0.15, 0.2) is 11.5 Å². The Bertz CT molecular complexity index is 605. The van der Waals surface area contributed by atoms with Gasteiger partial charge >= 0.3 is 0 Å². The summed E-state index contributed by atoms with van der Waals surface area (Å²) < 4.78 is 0. The molecule has 4 N–H and O–H groups in total. The molecule has 2 aromatic rings. The lowest BCUT2D eigenvalue weighted by Gasteiger charge is -2.20. The van der Waals surface area contributed by atoms with Crippen LogP contribution in [0.5, 0.6) is 23.0 Å². The Morgan fingerprint density at radius 3 is 2.35 bits per heavy atom. The van der Waals surface area contributed by atoms with Crippen LogP contribution in [0.25, 0.3) is 0 Å². The number of hydrogen-bond acceptors (Lipinski definition) is 4. The summed E-state index contributed by atoms with van der Waals surface area (Å²) >= 11 is 0. The molecule has 4 nitrogen and oxygen atoms in total. The van der Waals surface area contributed by atoms with Crippen molar-refractivity contribution >= 4 is 0 Å². The van der Waals surface area contributed by atoms with E-state index in [0.717, 1.165) is 6.42 Å². The fourth-order valence-corrected chi connectivity index (χ4v) is 2.42. The molecule has 0 heterocycles. The molecule has 106 valence electrons. The highest BCUT2D eigenvalue weighted by Gasteiger charge is 2.21. The minimum Gasteiger partial charge on any atom is -0.508 e. The first kappa shape index (κ1) is 14.1. The molecule has 0 amide bonds. The number of phenols is 4. The number of para-hydroxylation sites is 1. The summed E-state index contributed by atoms with van der Waals surface area (Å²) in [6.45, 7) is 1.99. The van der Waals surface area contributed by atoms with Crippen LogP contribution in [0, 0.1) is 0 Å². The van der Waals surface area contributed by atoms with E-state index in [2.05, 4.69) is 0 Å². The Morgan fingerprint density at radius 1 is 0.900 bits per heavy atom. The lowest BCUT2D eigenvalue weighted by Crippen LogP contribution is -2.02. The third kappa shape index (κ3) is 2.64.